The summed E-state index contributed by atoms with van der Waals surface area (Å²) < 4.78 is 25.5. The largest absolute Gasteiger partial charge is 0.255 e. The molecule has 26 heavy (non-hydrogen) atoms. The van der Waals surface area contributed by atoms with Crippen molar-refractivity contribution in [2.24, 2.45) is 5.92 Å². The minimum absolute atomic E-state index is 0.186. The van der Waals surface area contributed by atoms with Crippen LogP contribution in [0.3, 0.4) is 0 Å². The maximum atomic E-state index is 13.9. The van der Waals surface area contributed by atoms with Crippen molar-refractivity contribution in [3.63, 3.8) is 0 Å². The molecule has 0 saturated carbocycles. The fourth-order valence-corrected chi connectivity index (χ4v) is 3.95. The SMILES string of the molecule is CCC(C)CC1=C(C)/C(=C/c2ccc(S(C)=O)cc2)c2ccc(F)cc21. The highest BCUT2D eigenvalue weighted by Crippen LogP contribution is 2.45. The third-order valence-corrected chi connectivity index (χ3v) is 6.16. The third-order valence-electron chi connectivity index (χ3n) is 5.23. The standard InChI is InChI=1S/C23H25FOS/c1-5-15(2)12-21-16(3)22(20-11-8-18(24)14-23(20)21)13-17-6-9-19(10-7-17)26(4)25/h6-11,13-15H,5,12H2,1-4H3/b22-13-. The first-order chi connectivity index (χ1) is 12.4. The molecule has 2 atom stereocenters. The van der Waals surface area contributed by atoms with Gasteiger partial charge in [0.25, 0.3) is 0 Å². The summed E-state index contributed by atoms with van der Waals surface area (Å²) in [6.45, 7) is 6.57. The Morgan fingerprint density at radius 2 is 1.81 bits per heavy atom. The lowest BCUT2D eigenvalue weighted by atomic mass is 9.93. The Morgan fingerprint density at radius 1 is 1.12 bits per heavy atom. The number of fused-ring (bicyclic) bond motifs is 1. The molecule has 0 saturated heterocycles. The van der Waals surface area contributed by atoms with Crippen molar-refractivity contribution in [1.82, 2.24) is 0 Å². The zero-order valence-corrected chi connectivity index (χ0v) is 16.6. The zero-order valence-electron chi connectivity index (χ0n) is 15.8. The number of benzene rings is 2. The molecule has 0 spiro atoms. The molecule has 0 bridgehead atoms. The smallest absolute Gasteiger partial charge is 0.123 e. The molecule has 0 amide bonds. The van der Waals surface area contributed by atoms with Crippen LogP contribution in [0, 0.1) is 11.7 Å². The summed E-state index contributed by atoms with van der Waals surface area (Å²) >= 11 is 0. The number of rotatable bonds is 5. The van der Waals surface area contributed by atoms with Crippen molar-refractivity contribution in [2.45, 2.75) is 38.5 Å². The van der Waals surface area contributed by atoms with E-state index in [4.69, 9.17) is 0 Å². The number of hydrogen-bond donors (Lipinski definition) is 0. The molecule has 1 aliphatic carbocycles. The fourth-order valence-electron chi connectivity index (χ4n) is 3.43. The normalized spacial score (nSPS) is 17.5. The zero-order chi connectivity index (χ0) is 18.8. The molecule has 0 aromatic heterocycles. The minimum Gasteiger partial charge on any atom is -0.255 e. The van der Waals surface area contributed by atoms with Gasteiger partial charge in [-0.25, -0.2) is 4.39 Å². The maximum Gasteiger partial charge on any atom is 0.123 e. The molecule has 2 aromatic carbocycles. The molecule has 0 aliphatic heterocycles. The summed E-state index contributed by atoms with van der Waals surface area (Å²) in [5.41, 5.74) is 6.84. The molecule has 0 N–H and O–H groups in total. The third kappa shape index (κ3) is 3.73. The van der Waals surface area contributed by atoms with Crippen molar-refractivity contribution in [3.05, 3.63) is 70.5 Å². The first-order valence-electron chi connectivity index (χ1n) is 9.06. The number of halogens is 1. The van der Waals surface area contributed by atoms with Crippen LogP contribution in [0.25, 0.3) is 17.2 Å². The predicted octanol–water partition coefficient (Wildman–Crippen LogP) is 6.33. The second-order valence-corrected chi connectivity index (χ2v) is 8.47. The van der Waals surface area contributed by atoms with Crippen molar-refractivity contribution < 1.29 is 8.60 Å². The van der Waals surface area contributed by atoms with E-state index in [0.29, 0.717) is 5.92 Å². The van der Waals surface area contributed by atoms with Crippen LogP contribution in [0.4, 0.5) is 4.39 Å². The molecule has 0 radical (unpaired) electrons. The first kappa shape index (κ1) is 18.8. The van der Waals surface area contributed by atoms with Crippen LogP contribution < -0.4 is 0 Å². The molecule has 1 aliphatic rings. The van der Waals surface area contributed by atoms with Gasteiger partial charge in [0.05, 0.1) is 0 Å². The van der Waals surface area contributed by atoms with Gasteiger partial charge < -0.3 is 0 Å². The van der Waals surface area contributed by atoms with Gasteiger partial charge in [0.2, 0.25) is 0 Å². The monoisotopic (exact) mass is 368 g/mol. The second-order valence-electron chi connectivity index (χ2n) is 7.09. The van der Waals surface area contributed by atoms with E-state index < -0.39 is 10.8 Å². The van der Waals surface area contributed by atoms with Gasteiger partial charge in [0, 0.05) is 22.0 Å². The molecule has 136 valence electrons. The number of hydrogen-bond acceptors (Lipinski definition) is 1. The van der Waals surface area contributed by atoms with Crippen molar-refractivity contribution >= 4 is 28.0 Å². The quantitative estimate of drug-likeness (QED) is 0.603. The summed E-state index contributed by atoms with van der Waals surface area (Å²) in [6.07, 6.45) is 5.90. The van der Waals surface area contributed by atoms with E-state index in [1.165, 1.54) is 17.2 Å². The Hall–Kier alpha value is -2.00. The second kappa shape index (κ2) is 7.71. The van der Waals surface area contributed by atoms with E-state index in [2.05, 4.69) is 26.8 Å². The van der Waals surface area contributed by atoms with Gasteiger partial charge in [-0.2, -0.15) is 0 Å². The Labute approximate surface area is 158 Å². The lowest BCUT2D eigenvalue weighted by molar-refractivity contribution is 0.578. The topological polar surface area (TPSA) is 17.1 Å². The van der Waals surface area contributed by atoms with Crippen LogP contribution >= 0.6 is 0 Å². The summed E-state index contributed by atoms with van der Waals surface area (Å²) in [6, 6.07) is 12.9. The van der Waals surface area contributed by atoms with E-state index in [1.54, 1.807) is 12.3 Å². The highest BCUT2D eigenvalue weighted by atomic mass is 32.2. The van der Waals surface area contributed by atoms with Crippen LogP contribution in [0.1, 0.15) is 50.3 Å². The molecular formula is C23H25FOS. The van der Waals surface area contributed by atoms with Gasteiger partial charge in [-0.3, -0.25) is 4.21 Å². The molecule has 2 unspecified atom stereocenters. The Bertz CT molecular complexity index is 906. The summed E-state index contributed by atoms with van der Waals surface area (Å²) in [5, 5.41) is 0. The van der Waals surface area contributed by atoms with Crippen LogP contribution in [-0.4, -0.2) is 10.5 Å². The van der Waals surface area contributed by atoms with E-state index >= 15 is 0 Å². The number of allylic oxidation sites excluding steroid dienone is 3. The van der Waals surface area contributed by atoms with Crippen LogP contribution in [-0.2, 0) is 10.8 Å². The first-order valence-corrected chi connectivity index (χ1v) is 10.6. The summed E-state index contributed by atoms with van der Waals surface area (Å²) in [7, 11) is -0.972. The van der Waals surface area contributed by atoms with Gasteiger partial charge >= 0.3 is 0 Å². The predicted molar refractivity (Wildman–Crippen MR) is 110 cm³/mol. The molecule has 3 rings (SSSR count). The average Bonchev–Trinajstić information content (AvgIpc) is 2.87. The molecule has 2 aromatic rings. The van der Waals surface area contributed by atoms with E-state index in [9.17, 15) is 8.60 Å². The molecule has 0 fully saturated rings. The highest BCUT2D eigenvalue weighted by molar-refractivity contribution is 7.84. The van der Waals surface area contributed by atoms with Crippen LogP contribution in [0.2, 0.25) is 0 Å². The van der Waals surface area contributed by atoms with Crippen molar-refractivity contribution in [3.8, 4) is 0 Å². The highest BCUT2D eigenvalue weighted by Gasteiger charge is 2.24. The van der Waals surface area contributed by atoms with E-state index in [0.717, 1.165) is 40.0 Å². The summed E-state index contributed by atoms with van der Waals surface area (Å²) in [4.78, 5) is 0.825. The maximum absolute atomic E-state index is 13.9. The molecule has 3 heteroatoms. The fraction of sp³-hybridized carbons (Fsp3) is 0.304. The Balaban J connectivity index is 2.07. The van der Waals surface area contributed by atoms with Crippen LogP contribution in [0.5, 0.6) is 0 Å². The summed E-state index contributed by atoms with van der Waals surface area (Å²) in [5.74, 6) is 0.378. The van der Waals surface area contributed by atoms with Crippen molar-refractivity contribution in [2.75, 3.05) is 6.26 Å². The molecular weight excluding hydrogens is 343 g/mol. The van der Waals surface area contributed by atoms with Crippen molar-refractivity contribution in [1.29, 1.82) is 0 Å². The van der Waals surface area contributed by atoms with E-state index in [1.807, 2.05) is 30.3 Å². The van der Waals surface area contributed by atoms with Gasteiger partial charge in [-0.1, -0.05) is 38.5 Å². The van der Waals surface area contributed by atoms with Gasteiger partial charge in [-0.15, -0.1) is 0 Å². The van der Waals surface area contributed by atoms with Gasteiger partial charge in [0.15, 0.2) is 0 Å². The van der Waals surface area contributed by atoms with Gasteiger partial charge in [0.1, 0.15) is 5.82 Å². The Morgan fingerprint density at radius 3 is 2.42 bits per heavy atom. The molecule has 1 nitrogen and oxygen atoms in total. The average molecular weight is 369 g/mol. The Kier molecular flexibility index (Phi) is 5.57. The lowest BCUT2D eigenvalue weighted by Crippen LogP contribution is -1.95. The lowest BCUT2D eigenvalue weighted by Gasteiger charge is -2.11. The van der Waals surface area contributed by atoms with Crippen LogP contribution in [0.15, 0.2) is 52.9 Å². The minimum atomic E-state index is -0.972. The molecule has 0 heterocycles. The van der Waals surface area contributed by atoms with Gasteiger partial charge in [-0.05, 0) is 83.0 Å². The van der Waals surface area contributed by atoms with E-state index in [-0.39, 0.29) is 5.82 Å².